The van der Waals surface area contributed by atoms with Crippen molar-refractivity contribution in [3.8, 4) is 0 Å². The normalized spacial score (nSPS) is 12.4. The van der Waals surface area contributed by atoms with E-state index in [9.17, 15) is 4.79 Å². The lowest BCUT2D eigenvalue weighted by molar-refractivity contribution is -0.141. The third-order valence-electron chi connectivity index (χ3n) is 2.24. The molecule has 0 aromatic heterocycles. The second kappa shape index (κ2) is 5.01. The maximum Gasteiger partial charge on any atom is 0.306 e. The van der Waals surface area contributed by atoms with Crippen molar-refractivity contribution in [2.75, 3.05) is 0 Å². The van der Waals surface area contributed by atoms with E-state index in [-0.39, 0.29) is 5.92 Å². The summed E-state index contributed by atoms with van der Waals surface area (Å²) in [5.41, 5.74) is 1.02. The molecule has 0 aliphatic rings. The molecule has 1 aromatic carbocycles. The van der Waals surface area contributed by atoms with Crippen molar-refractivity contribution in [1.82, 2.24) is 0 Å². The van der Waals surface area contributed by atoms with Crippen LogP contribution in [0.4, 0.5) is 0 Å². The fourth-order valence-electron chi connectivity index (χ4n) is 1.31. The summed E-state index contributed by atoms with van der Waals surface area (Å²) in [7, 11) is 0. The second-order valence-electron chi connectivity index (χ2n) is 3.27. The van der Waals surface area contributed by atoms with E-state index in [0.29, 0.717) is 17.9 Å². The first kappa shape index (κ1) is 11.1. The summed E-state index contributed by atoms with van der Waals surface area (Å²) in [5.74, 6) is -1.03. The van der Waals surface area contributed by atoms with E-state index in [4.69, 9.17) is 16.7 Å². The Morgan fingerprint density at radius 1 is 1.43 bits per heavy atom. The second-order valence-corrected chi connectivity index (χ2v) is 3.71. The Hall–Kier alpha value is -1.02. The Labute approximate surface area is 88.5 Å². The van der Waals surface area contributed by atoms with Gasteiger partial charge in [0.25, 0.3) is 0 Å². The van der Waals surface area contributed by atoms with Crippen LogP contribution in [-0.2, 0) is 11.2 Å². The minimum atomic E-state index is -0.734. The number of rotatable bonds is 4. The van der Waals surface area contributed by atoms with E-state index in [1.165, 1.54) is 0 Å². The van der Waals surface area contributed by atoms with Gasteiger partial charge in [0.2, 0.25) is 0 Å². The smallest absolute Gasteiger partial charge is 0.306 e. The molecule has 0 heterocycles. The van der Waals surface area contributed by atoms with Crippen LogP contribution in [0.3, 0.4) is 0 Å². The third kappa shape index (κ3) is 3.04. The summed E-state index contributed by atoms with van der Waals surface area (Å²) >= 11 is 5.73. The van der Waals surface area contributed by atoms with Crippen LogP contribution in [0.1, 0.15) is 18.9 Å². The molecule has 0 saturated heterocycles. The van der Waals surface area contributed by atoms with Crippen LogP contribution in [0.2, 0.25) is 5.02 Å². The molecule has 76 valence electrons. The van der Waals surface area contributed by atoms with E-state index in [1.807, 2.05) is 19.1 Å². The van der Waals surface area contributed by atoms with Crippen LogP contribution >= 0.6 is 11.6 Å². The average Bonchev–Trinajstić information content (AvgIpc) is 2.16. The van der Waals surface area contributed by atoms with Gasteiger partial charge in [0.1, 0.15) is 0 Å². The first-order valence-corrected chi connectivity index (χ1v) is 4.98. The van der Waals surface area contributed by atoms with Gasteiger partial charge in [-0.15, -0.1) is 0 Å². The molecule has 0 radical (unpaired) electrons. The number of carboxylic acids is 1. The van der Waals surface area contributed by atoms with Crippen LogP contribution in [-0.4, -0.2) is 11.1 Å². The highest BCUT2D eigenvalue weighted by Crippen LogP contribution is 2.15. The lowest BCUT2D eigenvalue weighted by atomic mass is 9.97. The SMILES string of the molecule is CC[C@@H](Cc1ccc(Cl)cc1)C(=O)O. The third-order valence-corrected chi connectivity index (χ3v) is 2.49. The minimum absolute atomic E-state index is 0.295. The zero-order valence-electron chi connectivity index (χ0n) is 8.03. The van der Waals surface area contributed by atoms with E-state index in [1.54, 1.807) is 12.1 Å². The predicted molar refractivity (Wildman–Crippen MR) is 56.6 cm³/mol. The largest absolute Gasteiger partial charge is 0.481 e. The van der Waals surface area contributed by atoms with Crippen molar-refractivity contribution in [2.45, 2.75) is 19.8 Å². The number of benzene rings is 1. The van der Waals surface area contributed by atoms with Crippen molar-refractivity contribution < 1.29 is 9.90 Å². The van der Waals surface area contributed by atoms with Crippen LogP contribution < -0.4 is 0 Å². The van der Waals surface area contributed by atoms with Crippen molar-refractivity contribution in [1.29, 1.82) is 0 Å². The fourth-order valence-corrected chi connectivity index (χ4v) is 1.44. The van der Waals surface area contributed by atoms with E-state index < -0.39 is 5.97 Å². The van der Waals surface area contributed by atoms with Gasteiger partial charge in [-0.05, 0) is 30.5 Å². The summed E-state index contributed by atoms with van der Waals surface area (Å²) in [6.07, 6.45) is 1.22. The van der Waals surface area contributed by atoms with Gasteiger partial charge in [0.15, 0.2) is 0 Å². The molecule has 1 atom stereocenters. The van der Waals surface area contributed by atoms with Gasteiger partial charge in [-0.25, -0.2) is 0 Å². The fraction of sp³-hybridized carbons (Fsp3) is 0.364. The highest BCUT2D eigenvalue weighted by Gasteiger charge is 2.14. The molecular formula is C11H13ClO2. The zero-order chi connectivity index (χ0) is 10.6. The van der Waals surface area contributed by atoms with E-state index in [2.05, 4.69) is 0 Å². The van der Waals surface area contributed by atoms with Gasteiger partial charge in [-0.3, -0.25) is 4.79 Å². The molecule has 1 aromatic rings. The Balaban J connectivity index is 2.67. The molecule has 2 nitrogen and oxygen atoms in total. The number of aliphatic carboxylic acids is 1. The first-order valence-electron chi connectivity index (χ1n) is 4.60. The highest BCUT2D eigenvalue weighted by atomic mass is 35.5. The van der Waals surface area contributed by atoms with E-state index >= 15 is 0 Å². The molecule has 0 spiro atoms. The summed E-state index contributed by atoms with van der Waals surface area (Å²) in [6, 6.07) is 7.30. The molecule has 0 amide bonds. The number of halogens is 1. The topological polar surface area (TPSA) is 37.3 Å². The lowest BCUT2D eigenvalue weighted by Gasteiger charge is -2.09. The van der Waals surface area contributed by atoms with Crippen molar-refractivity contribution in [3.63, 3.8) is 0 Å². The monoisotopic (exact) mass is 212 g/mol. The predicted octanol–water partition coefficient (Wildman–Crippen LogP) is 2.99. The van der Waals surface area contributed by atoms with E-state index in [0.717, 1.165) is 5.56 Å². The molecule has 0 bridgehead atoms. The Bertz CT molecular complexity index is 306. The molecule has 0 aliphatic heterocycles. The average molecular weight is 213 g/mol. The van der Waals surface area contributed by atoms with Gasteiger partial charge in [0, 0.05) is 5.02 Å². The van der Waals surface area contributed by atoms with Crippen molar-refractivity contribution >= 4 is 17.6 Å². The van der Waals surface area contributed by atoms with Crippen LogP contribution in [0.25, 0.3) is 0 Å². The molecule has 1 rings (SSSR count). The minimum Gasteiger partial charge on any atom is -0.481 e. The molecule has 14 heavy (non-hydrogen) atoms. The zero-order valence-corrected chi connectivity index (χ0v) is 8.79. The van der Waals surface area contributed by atoms with Crippen molar-refractivity contribution in [3.05, 3.63) is 34.9 Å². The summed E-state index contributed by atoms with van der Waals surface area (Å²) < 4.78 is 0. The maximum absolute atomic E-state index is 10.8. The molecule has 1 N–H and O–H groups in total. The molecule has 3 heteroatoms. The summed E-state index contributed by atoms with van der Waals surface area (Å²) in [4.78, 5) is 10.8. The molecule has 0 unspecified atom stereocenters. The maximum atomic E-state index is 10.8. The van der Waals surface area contributed by atoms with Gasteiger partial charge in [-0.2, -0.15) is 0 Å². The van der Waals surface area contributed by atoms with Crippen LogP contribution in [0, 0.1) is 5.92 Å². The number of carbonyl (C=O) groups is 1. The van der Waals surface area contributed by atoms with Gasteiger partial charge >= 0.3 is 5.97 Å². The Kier molecular flexibility index (Phi) is 3.96. The van der Waals surface area contributed by atoms with Crippen molar-refractivity contribution in [2.24, 2.45) is 5.92 Å². The Morgan fingerprint density at radius 3 is 2.43 bits per heavy atom. The standard InChI is InChI=1S/C11H13ClO2/c1-2-9(11(13)14)7-8-3-5-10(12)6-4-8/h3-6,9H,2,7H2,1H3,(H,13,14)/t9-/m0/s1. The number of hydrogen-bond donors (Lipinski definition) is 1. The highest BCUT2D eigenvalue weighted by molar-refractivity contribution is 6.30. The quantitative estimate of drug-likeness (QED) is 0.833. The first-order chi connectivity index (χ1) is 6.63. The van der Waals surface area contributed by atoms with Gasteiger partial charge < -0.3 is 5.11 Å². The van der Waals surface area contributed by atoms with Crippen LogP contribution in [0.15, 0.2) is 24.3 Å². The Morgan fingerprint density at radius 2 is 2.00 bits per heavy atom. The lowest BCUT2D eigenvalue weighted by Crippen LogP contribution is -2.15. The number of hydrogen-bond acceptors (Lipinski definition) is 1. The molecule has 0 aliphatic carbocycles. The van der Waals surface area contributed by atoms with Crippen LogP contribution in [0.5, 0.6) is 0 Å². The number of carboxylic acid groups (broad SMARTS) is 1. The molecular weight excluding hydrogens is 200 g/mol. The van der Waals surface area contributed by atoms with Gasteiger partial charge in [-0.1, -0.05) is 30.7 Å². The summed E-state index contributed by atoms with van der Waals surface area (Å²) in [6.45, 7) is 1.88. The molecule has 0 fully saturated rings. The molecule has 0 saturated carbocycles. The van der Waals surface area contributed by atoms with Gasteiger partial charge in [0.05, 0.1) is 5.92 Å². The summed E-state index contributed by atoms with van der Waals surface area (Å²) in [5, 5.41) is 9.54.